The van der Waals surface area contributed by atoms with Crippen molar-refractivity contribution in [2.45, 2.75) is 17.7 Å². The molecule has 8 heteroatoms. The summed E-state index contributed by atoms with van der Waals surface area (Å²) in [6.45, 7) is 0.398. The molecule has 3 rings (SSSR count). The van der Waals surface area contributed by atoms with E-state index in [2.05, 4.69) is 25.9 Å². The van der Waals surface area contributed by atoms with Crippen molar-refractivity contribution < 1.29 is 13.2 Å². The summed E-state index contributed by atoms with van der Waals surface area (Å²) >= 11 is 0. The minimum Gasteiger partial charge on any atom is -0.352 e. The van der Waals surface area contributed by atoms with Gasteiger partial charge >= 0.3 is 0 Å². The molecule has 0 unspecified atom stereocenters. The highest BCUT2D eigenvalue weighted by molar-refractivity contribution is 7.89. The molecule has 0 aliphatic heterocycles. The summed E-state index contributed by atoms with van der Waals surface area (Å²) < 4.78 is 26.2. The average molecular weight is 396 g/mol. The van der Waals surface area contributed by atoms with Crippen LogP contribution < -0.4 is 10.0 Å². The largest absolute Gasteiger partial charge is 0.352 e. The van der Waals surface area contributed by atoms with Crippen molar-refractivity contribution in [2.75, 3.05) is 13.1 Å². The zero-order valence-electron chi connectivity index (χ0n) is 15.1. The van der Waals surface area contributed by atoms with Crippen LogP contribution in [0.5, 0.6) is 0 Å². The van der Waals surface area contributed by atoms with Gasteiger partial charge in [0.2, 0.25) is 10.0 Å². The Kier molecular flexibility index (Phi) is 6.09. The number of benzene rings is 2. The summed E-state index contributed by atoms with van der Waals surface area (Å²) in [6.07, 6.45) is 6.50. The van der Waals surface area contributed by atoms with Crippen molar-refractivity contribution in [1.82, 2.24) is 20.0 Å². The number of fused-ring (bicyclic) bond motifs is 1. The van der Waals surface area contributed by atoms with Crippen LogP contribution >= 0.6 is 0 Å². The number of aryl methyl sites for hydroxylation is 1. The van der Waals surface area contributed by atoms with Crippen LogP contribution in [-0.4, -0.2) is 37.4 Å². The topological polar surface area (TPSA) is 104 Å². The number of terminal acetylenes is 1. The molecule has 1 heterocycles. The average Bonchev–Trinajstić information content (AvgIpc) is 3.12. The molecule has 144 valence electrons. The fourth-order valence-corrected chi connectivity index (χ4v) is 3.62. The Balaban J connectivity index is 1.50. The molecule has 1 amide bonds. The van der Waals surface area contributed by atoms with Crippen LogP contribution in [0.15, 0.2) is 53.4 Å². The summed E-state index contributed by atoms with van der Waals surface area (Å²) in [5.74, 6) is 2.83. The number of para-hydroxylation sites is 2. The Hall–Kier alpha value is -3.15. The maximum atomic E-state index is 12.2. The molecule has 0 saturated carbocycles. The Morgan fingerprint density at radius 1 is 1.14 bits per heavy atom. The SMILES string of the molecule is C#CCNS(=O)(=O)c1ccc(C(=O)NCCCc2nc3ccccc3[nH]2)cc1. The molecule has 0 saturated heterocycles. The highest BCUT2D eigenvalue weighted by atomic mass is 32.2. The fraction of sp³-hybridized carbons (Fsp3) is 0.200. The van der Waals surface area contributed by atoms with Crippen molar-refractivity contribution in [1.29, 1.82) is 0 Å². The Morgan fingerprint density at radius 3 is 2.61 bits per heavy atom. The number of nitrogens with one attached hydrogen (secondary N) is 3. The first-order valence-corrected chi connectivity index (χ1v) is 10.2. The van der Waals surface area contributed by atoms with Gasteiger partial charge in [0.1, 0.15) is 5.82 Å². The highest BCUT2D eigenvalue weighted by Gasteiger charge is 2.14. The molecular formula is C20H20N4O3S. The van der Waals surface area contributed by atoms with E-state index in [9.17, 15) is 13.2 Å². The number of nitrogens with zero attached hydrogens (tertiary/aromatic N) is 1. The van der Waals surface area contributed by atoms with E-state index < -0.39 is 10.0 Å². The molecule has 0 atom stereocenters. The lowest BCUT2D eigenvalue weighted by Gasteiger charge is -2.07. The Morgan fingerprint density at radius 2 is 1.89 bits per heavy atom. The van der Waals surface area contributed by atoms with Gasteiger partial charge in [0.05, 0.1) is 22.5 Å². The van der Waals surface area contributed by atoms with Crippen molar-refractivity contribution in [3.63, 3.8) is 0 Å². The molecule has 0 aliphatic carbocycles. The first-order chi connectivity index (χ1) is 13.5. The van der Waals surface area contributed by atoms with E-state index >= 15 is 0 Å². The first kappa shape index (κ1) is 19.6. The van der Waals surface area contributed by atoms with E-state index in [-0.39, 0.29) is 17.3 Å². The van der Waals surface area contributed by atoms with Crippen LogP contribution in [0, 0.1) is 12.3 Å². The standard InChI is InChI=1S/C20H20N4O3S/c1-2-13-22-28(26,27)16-11-9-15(10-12-16)20(25)21-14-5-8-19-23-17-6-3-4-7-18(17)24-19/h1,3-4,6-7,9-12,22H,5,8,13-14H2,(H,21,25)(H,23,24). The molecule has 28 heavy (non-hydrogen) atoms. The summed E-state index contributed by atoms with van der Waals surface area (Å²) in [6, 6.07) is 13.5. The van der Waals surface area contributed by atoms with Crippen molar-refractivity contribution in [2.24, 2.45) is 0 Å². The van der Waals surface area contributed by atoms with E-state index in [1.54, 1.807) is 0 Å². The number of aromatic nitrogens is 2. The highest BCUT2D eigenvalue weighted by Crippen LogP contribution is 2.12. The molecular weight excluding hydrogens is 376 g/mol. The lowest BCUT2D eigenvalue weighted by molar-refractivity contribution is 0.0953. The zero-order valence-corrected chi connectivity index (χ0v) is 15.9. The predicted molar refractivity (Wildman–Crippen MR) is 107 cm³/mol. The van der Waals surface area contributed by atoms with Crippen LogP contribution in [-0.2, 0) is 16.4 Å². The van der Waals surface area contributed by atoms with Crippen molar-refractivity contribution >= 4 is 27.0 Å². The lowest BCUT2D eigenvalue weighted by Crippen LogP contribution is -2.26. The number of hydrogen-bond acceptors (Lipinski definition) is 4. The summed E-state index contributed by atoms with van der Waals surface area (Å²) in [4.78, 5) is 20.0. The Labute approximate surface area is 163 Å². The third kappa shape index (κ3) is 4.76. The van der Waals surface area contributed by atoms with Gasteiger partial charge in [-0.15, -0.1) is 6.42 Å². The third-order valence-corrected chi connectivity index (χ3v) is 5.52. The van der Waals surface area contributed by atoms with E-state index in [0.29, 0.717) is 18.5 Å². The summed E-state index contributed by atoms with van der Waals surface area (Å²) in [5.41, 5.74) is 2.31. The van der Waals surface area contributed by atoms with Crippen molar-refractivity contribution in [3.8, 4) is 12.3 Å². The third-order valence-electron chi connectivity index (χ3n) is 4.11. The molecule has 0 radical (unpaired) electrons. The van der Waals surface area contributed by atoms with Crippen LogP contribution in [0.1, 0.15) is 22.6 Å². The van der Waals surface area contributed by atoms with Crippen LogP contribution in [0.4, 0.5) is 0 Å². The predicted octanol–water partition coefficient (Wildman–Crippen LogP) is 1.84. The molecule has 2 aromatic carbocycles. The quantitative estimate of drug-likeness (QED) is 0.399. The number of amides is 1. The second-order valence-corrected chi connectivity index (χ2v) is 7.88. The molecule has 3 N–H and O–H groups in total. The monoisotopic (exact) mass is 396 g/mol. The van der Waals surface area contributed by atoms with Gasteiger partial charge in [-0.2, -0.15) is 4.72 Å². The minimum atomic E-state index is -3.66. The normalized spacial score (nSPS) is 11.2. The summed E-state index contributed by atoms with van der Waals surface area (Å²) in [7, 11) is -3.66. The Bertz CT molecular complexity index is 1080. The second-order valence-electron chi connectivity index (χ2n) is 6.11. The van der Waals surface area contributed by atoms with E-state index in [4.69, 9.17) is 6.42 Å². The smallest absolute Gasteiger partial charge is 0.251 e. The van der Waals surface area contributed by atoms with Gasteiger partial charge in [-0.3, -0.25) is 4.79 Å². The number of imidazole rings is 1. The number of hydrogen-bond donors (Lipinski definition) is 3. The lowest BCUT2D eigenvalue weighted by atomic mass is 10.2. The number of aromatic amines is 1. The minimum absolute atomic E-state index is 0.0594. The molecule has 0 spiro atoms. The van der Waals surface area contributed by atoms with Crippen LogP contribution in [0.2, 0.25) is 0 Å². The van der Waals surface area contributed by atoms with Gasteiger partial charge < -0.3 is 10.3 Å². The zero-order chi connectivity index (χ0) is 20.0. The molecule has 7 nitrogen and oxygen atoms in total. The maximum Gasteiger partial charge on any atom is 0.251 e. The molecule has 3 aromatic rings. The van der Waals surface area contributed by atoms with Crippen LogP contribution in [0.3, 0.4) is 0 Å². The number of sulfonamides is 1. The van der Waals surface area contributed by atoms with Gasteiger partial charge in [-0.25, -0.2) is 13.4 Å². The molecule has 0 fully saturated rings. The van der Waals surface area contributed by atoms with Crippen LogP contribution in [0.25, 0.3) is 11.0 Å². The van der Waals surface area contributed by atoms with E-state index in [1.807, 2.05) is 24.3 Å². The van der Waals surface area contributed by atoms with Gasteiger partial charge in [0, 0.05) is 18.5 Å². The number of carbonyl (C=O) groups is 1. The van der Waals surface area contributed by atoms with Gasteiger partial charge in [0.15, 0.2) is 0 Å². The number of carbonyl (C=O) groups excluding carboxylic acids is 1. The molecule has 0 aliphatic rings. The van der Waals surface area contributed by atoms with Gasteiger partial charge in [-0.1, -0.05) is 18.1 Å². The summed E-state index contributed by atoms with van der Waals surface area (Å²) in [5, 5.41) is 2.82. The number of H-pyrrole nitrogens is 1. The van der Waals surface area contributed by atoms with Gasteiger partial charge in [-0.05, 0) is 42.8 Å². The van der Waals surface area contributed by atoms with Crippen molar-refractivity contribution in [3.05, 3.63) is 59.9 Å². The number of rotatable bonds is 8. The maximum absolute atomic E-state index is 12.2. The molecule has 1 aromatic heterocycles. The van der Waals surface area contributed by atoms with E-state index in [1.165, 1.54) is 24.3 Å². The fourth-order valence-electron chi connectivity index (χ4n) is 2.69. The second kappa shape index (κ2) is 8.69. The van der Waals surface area contributed by atoms with Gasteiger partial charge in [0.25, 0.3) is 5.91 Å². The first-order valence-electron chi connectivity index (χ1n) is 8.74. The molecule has 0 bridgehead atoms. The van der Waals surface area contributed by atoms with E-state index in [0.717, 1.165) is 23.3 Å².